The summed E-state index contributed by atoms with van der Waals surface area (Å²) in [5.74, 6) is -2.13. The summed E-state index contributed by atoms with van der Waals surface area (Å²) in [4.78, 5) is 24.5. The lowest BCUT2D eigenvalue weighted by molar-refractivity contribution is -0.141. The number of hydrogen-bond donors (Lipinski definition) is 2. The molecule has 21 heavy (non-hydrogen) atoms. The molecule has 0 aliphatic heterocycles. The van der Waals surface area contributed by atoms with E-state index in [4.69, 9.17) is 5.11 Å². The number of phenols is 1. The minimum atomic E-state index is -0.961. The molecular weight excluding hydrogens is 270 g/mol. The number of rotatable bonds is 4. The summed E-state index contributed by atoms with van der Waals surface area (Å²) in [5, 5.41) is 20.6. The molecule has 1 amide bonds. The standard InChI is InChI=1S/C16H17NO4/c1-10(16(20)21)9-17(2)15(19)13-7-11-5-3-4-6-12(11)8-14(13)18/h3-8,10,18H,9H2,1-2H3,(H,20,21). The van der Waals surface area contributed by atoms with Crippen molar-refractivity contribution in [3.8, 4) is 5.75 Å². The van der Waals surface area contributed by atoms with Crippen LogP contribution in [0.5, 0.6) is 5.75 Å². The fourth-order valence-corrected chi connectivity index (χ4v) is 2.18. The quantitative estimate of drug-likeness (QED) is 0.904. The molecule has 0 bridgehead atoms. The molecule has 0 aromatic heterocycles. The highest BCUT2D eigenvalue weighted by Gasteiger charge is 2.21. The van der Waals surface area contributed by atoms with Crippen molar-refractivity contribution in [1.82, 2.24) is 4.90 Å². The van der Waals surface area contributed by atoms with Crippen LogP contribution in [0.4, 0.5) is 0 Å². The molecule has 0 radical (unpaired) electrons. The van der Waals surface area contributed by atoms with E-state index in [2.05, 4.69) is 0 Å². The maximum Gasteiger partial charge on any atom is 0.308 e. The topological polar surface area (TPSA) is 77.8 Å². The third-order valence-corrected chi connectivity index (χ3v) is 3.41. The van der Waals surface area contributed by atoms with Gasteiger partial charge in [0.1, 0.15) is 5.75 Å². The van der Waals surface area contributed by atoms with Crippen LogP contribution in [0, 0.1) is 5.92 Å². The number of benzene rings is 2. The van der Waals surface area contributed by atoms with Gasteiger partial charge in [0.2, 0.25) is 0 Å². The lowest BCUT2D eigenvalue weighted by Crippen LogP contribution is -2.33. The first kappa shape index (κ1) is 14.8. The average molecular weight is 287 g/mol. The Morgan fingerprint density at radius 3 is 2.33 bits per heavy atom. The van der Waals surface area contributed by atoms with Crippen molar-refractivity contribution in [2.45, 2.75) is 6.92 Å². The van der Waals surface area contributed by atoms with Crippen molar-refractivity contribution >= 4 is 22.6 Å². The summed E-state index contributed by atoms with van der Waals surface area (Å²) in [6.07, 6.45) is 0. The number of hydrogen-bond acceptors (Lipinski definition) is 3. The molecule has 0 spiro atoms. The number of aromatic hydroxyl groups is 1. The van der Waals surface area contributed by atoms with Crippen molar-refractivity contribution in [3.63, 3.8) is 0 Å². The molecule has 0 fully saturated rings. The van der Waals surface area contributed by atoms with Gasteiger partial charge in [0.05, 0.1) is 11.5 Å². The highest BCUT2D eigenvalue weighted by Crippen LogP contribution is 2.26. The van der Waals surface area contributed by atoms with Crippen LogP contribution in [-0.4, -0.2) is 40.6 Å². The molecule has 2 aromatic rings. The average Bonchev–Trinajstić information content (AvgIpc) is 2.45. The first-order valence-electron chi connectivity index (χ1n) is 6.60. The molecule has 110 valence electrons. The Morgan fingerprint density at radius 1 is 1.19 bits per heavy atom. The Kier molecular flexibility index (Phi) is 4.12. The van der Waals surface area contributed by atoms with Crippen LogP contribution < -0.4 is 0 Å². The van der Waals surface area contributed by atoms with Crippen LogP contribution in [0.1, 0.15) is 17.3 Å². The first-order chi connectivity index (χ1) is 9.90. The fourth-order valence-electron chi connectivity index (χ4n) is 2.18. The number of carbonyl (C=O) groups is 2. The summed E-state index contributed by atoms with van der Waals surface area (Å²) in [5.41, 5.74) is 0.175. The lowest BCUT2D eigenvalue weighted by atomic mass is 10.0. The molecule has 0 saturated carbocycles. The molecule has 0 heterocycles. The molecule has 0 aliphatic rings. The van der Waals surface area contributed by atoms with Crippen molar-refractivity contribution < 1.29 is 19.8 Å². The third kappa shape index (κ3) is 3.13. The number of phenolic OH excluding ortho intramolecular Hbond substituents is 1. The Labute approximate surface area is 122 Å². The van der Waals surface area contributed by atoms with Gasteiger partial charge in [-0.15, -0.1) is 0 Å². The summed E-state index contributed by atoms with van der Waals surface area (Å²) in [6.45, 7) is 1.62. The van der Waals surface area contributed by atoms with Gasteiger partial charge < -0.3 is 15.1 Å². The Morgan fingerprint density at radius 2 is 1.76 bits per heavy atom. The Bertz CT molecular complexity index is 696. The molecule has 1 atom stereocenters. The maximum absolute atomic E-state index is 12.3. The van der Waals surface area contributed by atoms with Crippen molar-refractivity contribution in [1.29, 1.82) is 0 Å². The smallest absolute Gasteiger partial charge is 0.308 e. The second kappa shape index (κ2) is 5.83. The molecule has 1 unspecified atom stereocenters. The number of carboxylic acid groups (broad SMARTS) is 1. The van der Waals surface area contributed by atoms with Crippen molar-refractivity contribution in [3.05, 3.63) is 42.0 Å². The number of amides is 1. The number of aliphatic carboxylic acids is 1. The van der Waals surface area contributed by atoms with E-state index in [1.54, 1.807) is 6.07 Å². The second-order valence-corrected chi connectivity index (χ2v) is 5.14. The minimum Gasteiger partial charge on any atom is -0.507 e. The highest BCUT2D eigenvalue weighted by atomic mass is 16.4. The van der Waals surface area contributed by atoms with Gasteiger partial charge in [0, 0.05) is 13.6 Å². The summed E-state index contributed by atoms with van der Waals surface area (Å²) >= 11 is 0. The van der Waals surface area contributed by atoms with Gasteiger partial charge in [-0.3, -0.25) is 9.59 Å². The number of nitrogens with zero attached hydrogens (tertiary/aromatic N) is 1. The molecule has 2 aromatic carbocycles. The van der Waals surface area contributed by atoms with Crippen molar-refractivity contribution in [2.75, 3.05) is 13.6 Å². The van der Waals surface area contributed by atoms with E-state index in [0.29, 0.717) is 0 Å². The minimum absolute atomic E-state index is 0.0838. The van der Waals surface area contributed by atoms with E-state index < -0.39 is 17.8 Å². The van der Waals surface area contributed by atoms with E-state index in [-0.39, 0.29) is 17.9 Å². The number of carboxylic acids is 1. The van der Waals surface area contributed by atoms with Gasteiger partial charge in [0.25, 0.3) is 5.91 Å². The molecule has 2 rings (SSSR count). The van der Waals surface area contributed by atoms with Gasteiger partial charge in [0.15, 0.2) is 0 Å². The maximum atomic E-state index is 12.3. The zero-order valence-electron chi connectivity index (χ0n) is 11.9. The van der Waals surface area contributed by atoms with Gasteiger partial charge in [-0.25, -0.2) is 0 Å². The molecular formula is C16H17NO4. The Hall–Kier alpha value is -2.56. The van der Waals surface area contributed by atoms with Crippen LogP contribution in [-0.2, 0) is 4.79 Å². The number of fused-ring (bicyclic) bond motifs is 1. The predicted octanol–water partition coefficient (Wildman–Crippen LogP) is 2.34. The highest BCUT2D eigenvalue weighted by molar-refractivity contribution is 6.01. The zero-order valence-corrected chi connectivity index (χ0v) is 11.9. The SMILES string of the molecule is CC(CN(C)C(=O)c1cc2ccccc2cc1O)C(=O)O. The normalized spacial score (nSPS) is 12.1. The van der Waals surface area contributed by atoms with Gasteiger partial charge >= 0.3 is 5.97 Å². The van der Waals surface area contributed by atoms with Gasteiger partial charge in [-0.05, 0) is 22.9 Å². The van der Waals surface area contributed by atoms with Crippen LogP contribution in [0.25, 0.3) is 10.8 Å². The molecule has 5 nitrogen and oxygen atoms in total. The monoisotopic (exact) mass is 287 g/mol. The van der Waals surface area contributed by atoms with Crippen LogP contribution >= 0.6 is 0 Å². The first-order valence-corrected chi connectivity index (χ1v) is 6.60. The number of carbonyl (C=O) groups excluding carboxylic acids is 1. The molecule has 2 N–H and O–H groups in total. The summed E-state index contributed by atoms with van der Waals surface area (Å²) in [6, 6.07) is 10.6. The summed E-state index contributed by atoms with van der Waals surface area (Å²) < 4.78 is 0. The Balaban J connectivity index is 2.30. The van der Waals surface area contributed by atoms with E-state index in [0.717, 1.165) is 10.8 Å². The van der Waals surface area contributed by atoms with E-state index >= 15 is 0 Å². The fraction of sp³-hybridized carbons (Fsp3) is 0.250. The second-order valence-electron chi connectivity index (χ2n) is 5.14. The van der Waals surface area contributed by atoms with E-state index in [9.17, 15) is 14.7 Å². The molecule has 0 saturated heterocycles. The van der Waals surface area contributed by atoms with Crippen LogP contribution in [0.2, 0.25) is 0 Å². The van der Waals surface area contributed by atoms with E-state index in [1.165, 1.54) is 24.9 Å². The lowest BCUT2D eigenvalue weighted by Gasteiger charge is -2.20. The van der Waals surface area contributed by atoms with Crippen molar-refractivity contribution in [2.24, 2.45) is 5.92 Å². The largest absolute Gasteiger partial charge is 0.507 e. The van der Waals surface area contributed by atoms with Crippen LogP contribution in [0.15, 0.2) is 36.4 Å². The van der Waals surface area contributed by atoms with Gasteiger partial charge in [-0.2, -0.15) is 0 Å². The zero-order chi connectivity index (χ0) is 15.6. The molecule has 0 aliphatic carbocycles. The van der Waals surface area contributed by atoms with Gasteiger partial charge in [-0.1, -0.05) is 31.2 Å². The molecule has 5 heteroatoms. The third-order valence-electron chi connectivity index (χ3n) is 3.41. The van der Waals surface area contributed by atoms with E-state index in [1.807, 2.05) is 24.3 Å². The van der Waals surface area contributed by atoms with Crippen LogP contribution in [0.3, 0.4) is 0 Å². The predicted molar refractivity (Wildman–Crippen MR) is 79.4 cm³/mol. The summed E-state index contributed by atoms with van der Waals surface area (Å²) in [7, 11) is 1.52.